The van der Waals surface area contributed by atoms with Crippen LogP contribution in [-0.4, -0.2) is 11.4 Å². The molecule has 0 bridgehead atoms. The van der Waals surface area contributed by atoms with E-state index in [2.05, 4.69) is 34.8 Å². The number of carbonyl (C=O) groups is 1. The van der Waals surface area contributed by atoms with Crippen molar-refractivity contribution in [3.63, 3.8) is 0 Å². The highest BCUT2D eigenvalue weighted by Crippen LogP contribution is 2.31. The molecule has 1 fully saturated rings. The van der Waals surface area contributed by atoms with Gasteiger partial charge in [0.15, 0.2) is 0 Å². The number of benzene rings is 1. The molecule has 80 valence electrons. The molecular formula is C12H14INO. The molecule has 1 N–H and O–H groups in total. The van der Waals surface area contributed by atoms with Gasteiger partial charge in [-0.2, -0.15) is 0 Å². The van der Waals surface area contributed by atoms with E-state index < -0.39 is 0 Å². The van der Waals surface area contributed by atoms with Crippen LogP contribution in [0.15, 0.2) is 24.3 Å². The predicted molar refractivity (Wildman–Crippen MR) is 68.9 cm³/mol. The lowest BCUT2D eigenvalue weighted by atomic mass is 9.78. The van der Waals surface area contributed by atoms with Crippen molar-refractivity contribution < 1.29 is 4.79 Å². The summed E-state index contributed by atoms with van der Waals surface area (Å²) < 4.78 is 1.01. The third kappa shape index (κ3) is 2.33. The Kier molecular flexibility index (Phi) is 3.00. The zero-order chi connectivity index (χ0) is 10.9. The summed E-state index contributed by atoms with van der Waals surface area (Å²) >= 11 is 2.20. The van der Waals surface area contributed by atoms with Crippen molar-refractivity contribution in [2.45, 2.75) is 31.7 Å². The standard InChI is InChI=1S/C12H14INO/c1-12(7-4-8-12)14-11(15)9-5-2-3-6-10(9)13/h2-3,5-6H,4,7-8H2,1H3,(H,14,15). The van der Waals surface area contributed by atoms with E-state index in [9.17, 15) is 4.79 Å². The molecule has 2 nitrogen and oxygen atoms in total. The minimum absolute atomic E-state index is 0.0377. The fraction of sp³-hybridized carbons (Fsp3) is 0.417. The average molecular weight is 315 g/mol. The van der Waals surface area contributed by atoms with E-state index in [-0.39, 0.29) is 11.4 Å². The molecule has 1 aromatic carbocycles. The molecule has 1 aliphatic carbocycles. The Morgan fingerprint density at radius 2 is 2.07 bits per heavy atom. The second-order valence-electron chi connectivity index (χ2n) is 4.35. The van der Waals surface area contributed by atoms with Gasteiger partial charge in [0, 0.05) is 9.11 Å². The smallest absolute Gasteiger partial charge is 0.252 e. The summed E-state index contributed by atoms with van der Waals surface area (Å²) in [4.78, 5) is 12.0. The lowest BCUT2D eigenvalue weighted by molar-refractivity contribution is 0.0849. The van der Waals surface area contributed by atoms with Crippen LogP contribution in [0.3, 0.4) is 0 Å². The van der Waals surface area contributed by atoms with E-state index >= 15 is 0 Å². The molecule has 0 aromatic heterocycles. The van der Waals surface area contributed by atoms with Gasteiger partial charge in [0.05, 0.1) is 5.56 Å². The summed E-state index contributed by atoms with van der Waals surface area (Å²) in [5, 5.41) is 3.11. The second kappa shape index (κ2) is 4.12. The quantitative estimate of drug-likeness (QED) is 0.835. The molecule has 3 heteroatoms. The Morgan fingerprint density at radius 1 is 1.40 bits per heavy atom. The molecule has 1 aromatic rings. The molecule has 0 saturated heterocycles. The van der Waals surface area contributed by atoms with Gasteiger partial charge >= 0.3 is 0 Å². The summed E-state index contributed by atoms with van der Waals surface area (Å²) in [6.07, 6.45) is 3.42. The molecule has 1 amide bonds. The molecule has 1 saturated carbocycles. The predicted octanol–water partition coefficient (Wildman–Crippen LogP) is 2.96. The van der Waals surface area contributed by atoms with Gasteiger partial charge in [-0.25, -0.2) is 0 Å². The van der Waals surface area contributed by atoms with Crippen LogP contribution in [0.1, 0.15) is 36.5 Å². The van der Waals surface area contributed by atoms with Crippen LogP contribution in [0.2, 0.25) is 0 Å². The maximum Gasteiger partial charge on any atom is 0.252 e. The number of nitrogens with one attached hydrogen (secondary N) is 1. The largest absolute Gasteiger partial charge is 0.347 e. The van der Waals surface area contributed by atoms with Crippen molar-refractivity contribution in [3.05, 3.63) is 33.4 Å². The molecule has 1 aliphatic rings. The van der Waals surface area contributed by atoms with E-state index in [1.807, 2.05) is 24.3 Å². The van der Waals surface area contributed by atoms with Crippen LogP contribution in [0.5, 0.6) is 0 Å². The van der Waals surface area contributed by atoms with Crippen molar-refractivity contribution >= 4 is 28.5 Å². The fourth-order valence-electron chi connectivity index (χ4n) is 1.82. The monoisotopic (exact) mass is 315 g/mol. The first kappa shape index (κ1) is 10.9. The maximum atomic E-state index is 12.0. The highest BCUT2D eigenvalue weighted by Gasteiger charge is 2.33. The number of hydrogen-bond donors (Lipinski definition) is 1. The highest BCUT2D eigenvalue weighted by atomic mass is 127. The number of hydrogen-bond acceptors (Lipinski definition) is 1. The van der Waals surface area contributed by atoms with Gasteiger partial charge in [-0.3, -0.25) is 4.79 Å². The average Bonchev–Trinajstić information content (AvgIpc) is 2.16. The van der Waals surface area contributed by atoms with Crippen LogP contribution >= 0.6 is 22.6 Å². The van der Waals surface area contributed by atoms with Crippen LogP contribution < -0.4 is 5.32 Å². The Balaban J connectivity index is 2.11. The minimum Gasteiger partial charge on any atom is -0.347 e. The highest BCUT2D eigenvalue weighted by molar-refractivity contribution is 14.1. The molecule has 0 atom stereocenters. The van der Waals surface area contributed by atoms with Gasteiger partial charge in [0.25, 0.3) is 5.91 Å². The van der Waals surface area contributed by atoms with Crippen LogP contribution in [0, 0.1) is 3.57 Å². The summed E-state index contributed by atoms with van der Waals surface area (Å²) in [6, 6.07) is 7.68. The van der Waals surface area contributed by atoms with Crippen molar-refractivity contribution in [2.24, 2.45) is 0 Å². The molecule has 2 rings (SSSR count). The first-order valence-electron chi connectivity index (χ1n) is 5.18. The Labute approximate surface area is 104 Å². The molecule has 0 spiro atoms. The van der Waals surface area contributed by atoms with Crippen LogP contribution in [-0.2, 0) is 0 Å². The summed E-state index contributed by atoms with van der Waals surface area (Å²) in [6.45, 7) is 2.12. The van der Waals surface area contributed by atoms with Crippen molar-refractivity contribution in [2.75, 3.05) is 0 Å². The number of carbonyl (C=O) groups excluding carboxylic acids is 1. The summed E-state index contributed by atoms with van der Waals surface area (Å²) in [7, 11) is 0. The SMILES string of the molecule is CC1(NC(=O)c2ccccc2I)CCC1. The van der Waals surface area contributed by atoms with Gasteiger partial charge < -0.3 is 5.32 Å². The molecule has 0 heterocycles. The lowest BCUT2D eigenvalue weighted by Gasteiger charge is -2.39. The second-order valence-corrected chi connectivity index (χ2v) is 5.51. The number of rotatable bonds is 2. The van der Waals surface area contributed by atoms with Crippen LogP contribution in [0.4, 0.5) is 0 Å². The molecule has 15 heavy (non-hydrogen) atoms. The molecule has 0 aliphatic heterocycles. The number of halogens is 1. The molecular weight excluding hydrogens is 301 g/mol. The lowest BCUT2D eigenvalue weighted by Crippen LogP contribution is -2.51. The van der Waals surface area contributed by atoms with E-state index in [0.717, 1.165) is 22.0 Å². The summed E-state index contributed by atoms with van der Waals surface area (Å²) in [5.41, 5.74) is 0.821. The third-order valence-corrected chi connectivity index (χ3v) is 3.93. The van der Waals surface area contributed by atoms with E-state index in [4.69, 9.17) is 0 Å². The van der Waals surface area contributed by atoms with Crippen molar-refractivity contribution in [3.8, 4) is 0 Å². The normalized spacial score (nSPS) is 18.0. The van der Waals surface area contributed by atoms with Gasteiger partial charge in [0.2, 0.25) is 0 Å². The van der Waals surface area contributed by atoms with E-state index in [1.54, 1.807) is 0 Å². The Morgan fingerprint density at radius 3 is 2.60 bits per heavy atom. The molecule has 0 unspecified atom stereocenters. The van der Waals surface area contributed by atoms with Gasteiger partial charge in [0.1, 0.15) is 0 Å². The first-order chi connectivity index (χ1) is 7.11. The fourth-order valence-corrected chi connectivity index (χ4v) is 2.45. The Hall–Kier alpha value is -0.580. The molecule has 0 radical (unpaired) electrons. The van der Waals surface area contributed by atoms with Gasteiger partial charge in [-0.15, -0.1) is 0 Å². The van der Waals surface area contributed by atoms with E-state index in [0.29, 0.717) is 0 Å². The van der Waals surface area contributed by atoms with Gasteiger partial charge in [-0.05, 0) is 60.9 Å². The topological polar surface area (TPSA) is 29.1 Å². The number of amides is 1. The Bertz CT molecular complexity index is 385. The van der Waals surface area contributed by atoms with Crippen LogP contribution in [0.25, 0.3) is 0 Å². The zero-order valence-corrected chi connectivity index (χ0v) is 10.9. The minimum atomic E-state index is 0.0377. The third-order valence-electron chi connectivity index (χ3n) is 2.99. The van der Waals surface area contributed by atoms with Crippen molar-refractivity contribution in [1.29, 1.82) is 0 Å². The summed E-state index contributed by atoms with van der Waals surface area (Å²) in [5.74, 6) is 0.0576. The first-order valence-corrected chi connectivity index (χ1v) is 6.26. The van der Waals surface area contributed by atoms with Crippen molar-refractivity contribution in [1.82, 2.24) is 5.32 Å². The van der Waals surface area contributed by atoms with Gasteiger partial charge in [-0.1, -0.05) is 12.1 Å². The van der Waals surface area contributed by atoms with E-state index in [1.165, 1.54) is 6.42 Å². The maximum absolute atomic E-state index is 12.0. The zero-order valence-electron chi connectivity index (χ0n) is 8.72.